The van der Waals surface area contributed by atoms with Crippen LogP contribution in [0.2, 0.25) is 0 Å². The smallest absolute Gasteiger partial charge is 0.307 e. The van der Waals surface area contributed by atoms with Crippen LogP contribution in [0.1, 0.15) is 24.8 Å². The van der Waals surface area contributed by atoms with Gasteiger partial charge in [0.1, 0.15) is 0 Å². The summed E-state index contributed by atoms with van der Waals surface area (Å²) >= 11 is 0. The van der Waals surface area contributed by atoms with Gasteiger partial charge in [-0.15, -0.1) is 0 Å². The van der Waals surface area contributed by atoms with Crippen LogP contribution in [0.3, 0.4) is 0 Å². The maximum absolute atomic E-state index is 11.0. The van der Waals surface area contributed by atoms with Crippen molar-refractivity contribution in [2.75, 3.05) is 26.8 Å². The Morgan fingerprint density at radius 2 is 1.95 bits per heavy atom. The topological polar surface area (TPSA) is 38.8 Å². The first kappa shape index (κ1) is 15.0. The second-order valence-corrected chi connectivity index (χ2v) is 5.16. The molecule has 1 aromatic rings. The summed E-state index contributed by atoms with van der Waals surface area (Å²) in [4.78, 5) is 13.5. The van der Waals surface area contributed by atoms with Crippen molar-refractivity contribution in [2.24, 2.45) is 0 Å². The van der Waals surface area contributed by atoms with Gasteiger partial charge in [-0.3, -0.25) is 9.69 Å². The Kier molecular flexibility index (Phi) is 6.02. The van der Waals surface area contributed by atoms with Crippen LogP contribution in [-0.4, -0.2) is 43.8 Å². The summed E-state index contributed by atoms with van der Waals surface area (Å²) in [6.07, 6.45) is 2.70. The van der Waals surface area contributed by atoms with Gasteiger partial charge in [-0.25, -0.2) is 0 Å². The minimum Gasteiger partial charge on any atom is -0.469 e. The molecule has 2 rings (SSSR count). The average molecular weight is 277 g/mol. The number of benzene rings is 1. The van der Waals surface area contributed by atoms with Crippen molar-refractivity contribution >= 4 is 5.97 Å². The van der Waals surface area contributed by atoms with Crippen LogP contribution in [0.5, 0.6) is 0 Å². The van der Waals surface area contributed by atoms with Crippen LogP contribution in [-0.2, 0) is 20.8 Å². The molecule has 0 atom stereocenters. The highest BCUT2D eigenvalue weighted by Gasteiger charge is 2.19. The Morgan fingerprint density at radius 1 is 1.25 bits per heavy atom. The van der Waals surface area contributed by atoms with E-state index in [9.17, 15) is 4.79 Å². The van der Waals surface area contributed by atoms with Crippen LogP contribution in [0.25, 0.3) is 0 Å². The van der Waals surface area contributed by atoms with Gasteiger partial charge in [-0.2, -0.15) is 0 Å². The number of methoxy groups -OCH3 is 1. The fourth-order valence-electron chi connectivity index (χ4n) is 2.49. The van der Waals surface area contributed by atoms with Gasteiger partial charge >= 0.3 is 5.97 Å². The number of esters is 1. The van der Waals surface area contributed by atoms with Crippen molar-refractivity contribution in [1.29, 1.82) is 0 Å². The third-order valence-electron chi connectivity index (χ3n) is 3.67. The van der Waals surface area contributed by atoms with E-state index in [-0.39, 0.29) is 12.1 Å². The van der Waals surface area contributed by atoms with Gasteiger partial charge < -0.3 is 9.47 Å². The van der Waals surface area contributed by atoms with E-state index >= 15 is 0 Å². The summed E-state index contributed by atoms with van der Waals surface area (Å²) in [6.45, 7) is 3.58. The molecule has 0 amide bonds. The van der Waals surface area contributed by atoms with Gasteiger partial charge in [0.05, 0.1) is 26.2 Å². The highest BCUT2D eigenvalue weighted by atomic mass is 16.5. The van der Waals surface area contributed by atoms with Crippen molar-refractivity contribution in [1.82, 2.24) is 4.90 Å². The minimum atomic E-state index is -0.202. The van der Waals surface area contributed by atoms with Crippen molar-refractivity contribution in [3.8, 4) is 0 Å². The number of carbonyl (C=O) groups is 1. The Hall–Kier alpha value is -1.39. The average Bonchev–Trinajstić information content (AvgIpc) is 2.50. The standard InChI is InChI=1S/C16H23NO3/c1-19-16(18)9-12-20-15-7-10-17(11-8-15)13-14-5-3-2-4-6-14/h2-6,15H,7-13H2,1H3. The maximum atomic E-state index is 11.0. The molecule has 0 unspecified atom stereocenters. The van der Waals surface area contributed by atoms with Crippen LogP contribution in [0.15, 0.2) is 30.3 Å². The van der Waals surface area contributed by atoms with Crippen molar-refractivity contribution < 1.29 is 14.3 Å². The van der Waals surface area contributed by atoms with Crippen molar-refractivity contribution in [3.63, 3.8) is 0 Å². The fraction of sp³-hybridized carbons (Fsp3) is 0.562. The minimum absolute atomic E-state index is 0.202. The summed E-state index contributed by atoms with van der Waals surface area (Å²) in [6, 6.07) is 10.5. The van der Waals surface area contributed by atoms with E-state index in [1.807, 2.05) is 6.07 Å². The second-order valence-electron chi connectivity index (χ2n) is 5.16. The molecule has 1 aliphatic rings. The number of hydrogen-bond acceptors (Lipinski definition) is 4. The van der Waals surface area contributed by atoms with Crippen molar-refractivity contribution in [3.05, 3.63) is 35.9 Å². The zero-order valence-corrected chi connectivity index (χ0v) is 12.1. The number of hydrogen-bond donors (Lipinski definition) is 0. The van der Waals surface area contributed by atoms with Crippen molar-refractivity contribution in [2.45, 2.75) is 31.9 Å². The van der Waals surface area contributed by atoms with E-state index in [2.05, 4.69) is 33.9 Å². The third kappa shape index (κ3) is 4.94. The number of piperidine rings is 1. The predicted octanol–water partition coefficient (Wildman–Crippen LogP) is 2.23. The molecule has 1 aliphatic heterocycles. The molecule has 20 heavy (non-hydrogen) atoms. The SMILES string of the molecule is COC(=O)CCOC1CCN(Cc2ccccc2)CC1. The zero-order chi connectivity index (χ0) is 14.2. The number of rotatable bonds is 6. The molecule has 0 aliphatic carbocycles. The molecule has 1 aromatic carbocycles. The monoisotopic (exact) mass is 277 g/mol. The van der Waals surface area contributed by atoms with E-state index in [0.717, 1.165) is 32.5 Å². The molecule has 110 valence electrons. The molecule has 0 bridgehead atoms. The van der Waals surface area contributed by atoms with E-state index in [4.69, 9.17) is 4.74 Å². The van der Waals surface area contributed by atoms with Gasteiger partial charge in [0.2, 0.25) is 0 Å². The molecular weight excluding hydrogens is 254 g/mol. The first-order valence-corrected chi connectivity index (χ1v) is 7.22. The molecule has 0 radical (unpaired) electrons. The molecule has 0 aromatic heterocycles. The highest BCUT2D eigenvalue weighted by molar-refractivity contribution is 5.69. The van der Waals surface area contributed by atoms with Gasteiger partial charge in [0.25, 0.3) is 0 Å². The second kappa shape index (κ2) is 8.02. The molecule has 1 heterocycles. The van der Waals surface area contributed by atoms with Gasteiger partial charge in [-0.1, -0.05) is 30.3 Å². The number of nitrogens with zero attached hydrogens (tertiary/aromatic N) is 1. The van der Waals surface area contributed by atoms with E-state index < -0.39 is 0 Å². The first-order chi connectivity index (χ1) is 9.78. The quantitative estimate of drug-likeness (QED) is 0.747. The number of carbonyl (C=O) groups excluding carboxylic acids is 1. The molecule has 1 saturated heterocycles. The molecule has 4 heteroatoms. The van der Waals surface area contributed by atoms with Crippen LogP contribution < -0.4 is 0 Å². The Labute approximate surface area is 120 Å². The lowest BCUT2D eigenvalue weighted by Gasteiger charge is -2.31. The van der Waals surface area contributed by atoms with Gasteiger partial charge in [-0.05, 0) is 18.4 Å². The Bertz CT molecular complexity index is 399. The molecule has 1 fully saturated rings. The van der Waals surface area contributed by atoms with Gasteiger partial charge in [0.15, 0.2) is 0 Å². The lowest BCUT2D eigenvalue weighted by molar-refractivity contribution is -0.142. The highest BCUT2D eigenvalue weighted by Crippen LogP contribution is 2.16. The summed E-state index contributed by atoms with van der Waals surface area (Å²) in [7, 11) is 1.41. The lowest BCUT2D eigenvalue weighted by Crippen LogP contribution is -2.36. The largest absolute Gasteiger partial charge is 0.469 e. The van der Waals surface area contributed by atoms with E-state index in [1.165, 1.54) is 12.7 Å². The molecule has 0 saturated carbocycles. The van der Waals surface area contributed by atoms with Gasteiger partial charge in [0, 0.05) is 19.6 Å². The van der Waals surface area contributed by atoms with Crippen LogP contribution in [0.4, 0.5) is 0 Å². The molecule has 0 spiro atoms. The van der Waals surface area contributed by atoms with E-state index in [0.29, 0.717) is 13.0 Å². The first-order valence-electron chi connectivity index (χ1n) is 7.22. The molecule has 0 N–H and O–H groups in total. The fourth-order valence-corrected chi connectivity index (χ4v) is 2.49. The predicted molar refractivity (Wildman–Crippen MR) is 77.3 cm³/mol. The number of ether oxygens (including phenoxy) is 2. The summed E-state index contributed by atoms with van der Waals surface area (Å²) < 4.78 is 10.3. The summed E-state index contributed by atoms with van der Waals surface area (Å²) in [5.41, 5.74) is 1.36. The van der Waals surface area contributed by atoms with E-state index in [1.54, 1.807) is 0 Å². The summed E-state index contributed by atoms with van der Waals surface area (Å²) in [5, 5.41) is 0. The maximum Gasteiger partial charge on any atom is 0.307 e. The number of likely N-dealkylation sites (tertiary alicyclic amines) is 1. The Morgan fingerprint density at radius 3 is 2.60 bits per heavy atom. The molecular formula is C16H23NO3. The molecule has 4 nitrogen and oxygen atoms in total. The summed E-state index contributed by atoms with van der Waals surface area (Å²) in [5.74, 6) is -0.202. The zero-order valence-electron chi connectivity index (χ0n) is 12.1. The van der Waals surface area contributed by atoms with Crippen LogP contribution >= 0.6 is 0 Å². The normalized spacial score (nSPS) is 17.1. The van der Waals surface area contributed by atoms with Crippen LogP contribution in [0, 0.1) is 0 Å². The third-order valence-corrected chi connectivity index (χ3v) is 3.67. The lowest BCUT2D eigenvalue weighted by atomic mass is 10.1. The Balaban J connectivity index is 1.64.